The number of rotatable bonds is 4. The first-order valence-corrected chi connectivity index (χ1v) is 7.44. The smallest absolute Gasteiger partial charge is 0.119 e. The molecule has 2 rings (SSSR count). The molecule has 0 aromatic heterocycles. The second-order valence-corrected chi connectivity index (χ2v) is 5.82. The Labute approximate surface area is 129 Å². The Kier molecular flexibility index (Phi) is 4.84. The van der Waals surface area contributed by atoms with Crippen molar-refractivity contribution in [3.8, 4) is 5.75 Å². The van der Waals surface area contributed by atoms with Crippen molar-refractivity contribution < 1.29 is 4.74 Å². The van der Waals surface area contributed by atoms with Gasteiger partial charge in [-0.1, -0.05) is 39.7 Å². The van der Waals surface area contributed by atoms with Gasteiger partial charge in [-0.15, -0.1) is 0 Å². The highest BCUT2D eigenvalue weighted by atomic mass is 79.9. The Hall–Kier alpha value is -1.32. The van der Waals surface area contributed by atoms with Crippen molar-refractivity contribution in [2.45, 2.75) is 19.9 Å². The SMILES string of the molecule is CNC(c1ccc(C)cc1C)c1cc(OC)ccc1Br. The molecule has 0 aliphatic rings. The Morgan fingerprint density at radius 1 is 1.05 bits per heavy atom. The minimum Gasteiger partial charge on any atom is -0.497 e. The van der Waals surface area contributed by atoms with Crippen LogP contribution in [0.2, 0.25) is 0 Å². The molecule has 0 aliphatic heterocycles. The lowest BCUT2D eigenvalue weighted by Gasteiger charge is -2.21. The van der Waals surface area contributed by atoms with Crippen LogP contribution in [-0.2, 0) is 0 Å². The third-order valence-electron chi connectivity index (χ3n) is 3.54. The largest absolute Gasteiger partial charge is 0.497 e. The van der Waals surface area contributed by atoms with E-state index < -0.39 is 0 Å². The zero-order chi connectivity index (χ0) is 14.7. The molecule has 0 spiro atoms. The summed E-state index contributed by atoms with van der Waals surface area (Å²) in [7, 11) is 3.68. The van der Waals surface area contributed by atoms with Gasteiger partial charge in [-0.3, -0.25) is 0 Å². The molecule has 0 bridgehead atoms. The summed E-state index contributed by atoms with van der Waals surface area (Å²) in [5, 5.41) is 3.40. The molecule has 1 unspecified atom stereocenters. The van der Waals surface area contributed by atoms with Gasteiger partial charge in [0.1, 0.15) is 5.75 Å². The average molecular weight is 334 g/mol. The summed E-state index contributed by atoms with van der Waals surface area (Å²) < 4.78 is 6.42. The van der Waals surface area contributed by atoms with Crippen molar-refractivity contribution in [3.05, 3.63) is 63.1 Å². The number of aryl methyl sites for hydroxylation is 2. The van der Waals surface area contributed by atoms with Gasteiger partial charge in [0.05, 0.1) is 13.2 Å². The number of hydrogen-bond donors (Lipinski definition) is 1. The van der Waals surface area contributed by atoms with E-state index in [1.165, 1.54) is 22.3 Å². The second kappa shape index (κ2) is 6.42. The third-order valence-corrected chi connectivity index (χ3v) is 4.26. The van der Waals surface area contributed by atoms with E-state index in [1.54, 1.807) is 7.11 Å². The molecule has 0 saturated heterocycles. The van der Waals surface area contributed by atoms with E-state index in [4.69, 9.17) is 4.74 Å². The summed E-state index contributed by atoms with van der Waals surface area (Å²) in [6.07, 6.45) is 0. The molecule has 0 radical (unpaired) electrons. The normalized spacial score (nSPS) is 12.2. The van der Waals surface area contributed by atoms with Crippen LogP contribution in [0.4, 0.5) is 0 Å². The first-order valence-electron chi connectivity index (χ1n) is 6.64. The van der Waals surface area contributed by atoms with Gasteiger partial charge >= 0.3 is 0 Å². The van der Waals surface area contributed by atoms with Gasteiger partial charge in [0.15, 0.2) is 0 Å². The van der Waals surface area contributed by atoms with Crippen LogP contribution in [-0.4, -0.2) is 14.2 Å². The maximum Gasteiger partial charge on any atom is 0.119 e. The molecule has 20 heavy (non-hydrogen) atoms. The summed E-state index contributed by atoms with van der Waals surface area (Å²) in [5.41, 5.74) is 5.04. The van der Waals surface area contributed by atoms with Crippen LogP contribution in [0.5, 0.6) is 5.75 Å². The fourth-order valence-electron chi connectivity index (χ4n) is 2.50. The quantitative estimate of drug-likeness (QED) is 0.896. The molecule has 106 valence electrons. The molecule has 0 amide bonds. The lowest BCUT2D eigenvalue weighted by Crippen LogP contribution is -2.19. The van der Waals surface area contributed by atoms with Gasteiger partial charge in [-0.05, 0) is 55.8 Å². The fraction of sp³-hybridized carbons (Fsp3) is 0.294. The van der Waals surface area contributed by atoms with E-state index >= 15 is 0 Å². The topological polar surface area (TPSA) is 21.3 Å². The lowest BCUT2D eigenvalue weighted by atomic mass is 9.94. The van der Waals surface area contributed by atoms with Crippen LogP contribution in [0.25, 0.3) is 0 Å². The number of benzene rings is 2. The molecule has 1 atom stereocenters. The number of nitrogens with one attached hydrogen (secondary N) is 1. The van der Waals surface area contributed by atoms with Gasteiger partial charge in [-0.25, -0.2) is 0 Å². The van der Waals surface area contributed by atoms with Gasteiger partial charge in [0.25, 0.3) is 0 Å². The van der Waals surface area contributed by atoms with Gasteiger partial charge in [-0.2, -0.15) is 0 Å². The zero-order valence-corrected chi connectivity index (χ0v) is 13.9. The van der Waals surface area contributed by atoms with E-state index in [0.717, 1.165) is 10.2 Å². The molecule has 0 heterocycles. The summed E-state index contributed by atoms with van der Waals surface area (Å²) in [4.78, 5) is 0. The van der Waals surface area contributed by atoms with Crippen LogP contribution < -0.4 is 10.1 Å². The maximum absolute atomic E-state index is 5.34. The predicted octanol–water partition coefficient (Wildman–Crippen LogP) is 4.38. The molecule has 0 aliphatic carbocycles. The minimum absolute atomic E-state index is 0.139. The molecular weight excluding hydrogens is 314 g/mol. The molecular formula is C17H20BrNO. The Balaban J connectivity index is 2.51. The van der Waals surface area contributed by atoms with Crippen LogP contribution in [0, 0.1) is 13.8 Å². The van der Waals surface area contributed by atoms with E-state index in [2.05, 4.69) is 59.4 Å². The summed E-state index contributed by atoms with van der Waals surface area (Å²) in [6, 6.07) is 12.8. The van der Waals surface area contributed by atoms with E-state index in [0.29, 0.717) is 0 Å². The predicted molar refractivity (Wildman–Crippen MR) is 87.5 cm³/mol. The monoisotopic (exact) mass is 333 g/mol. The van der Waals surface area contributed by atoms with Gasteiger partial charge < -0.3 is 10.1 Å². The minimum atomic E-state index is 0.139. The van der Waals surface area contributed by atoms with Crippen molar-refractivity contribution in [1.82, 2.24) is 5.32 Å². The zero-order valence-electron chi connectivity index (χ0n) is 12.3. The molecule has 1 N–H and O–H groups in total. The maximum atomic E-state index is 5.34. The van der Waals surface area contributed by atoms with Crippen LogP contribution in [0.15, 0.2) is 40.9 Å². The highest BCUT2D eigenvalue weighted by Gasteiger charge is 2.17. The molecule has 2 aromatic rings. The molecule has 0 fully saturated rings. The second-order valence-electron chi connectivity index (χ2n) is 4.97. The van der Waals surface area contributed by atoms with Crippen molar-refractivity contribution in [3.63, 3.8) is 0 Å². The molecule has 0 saturated carbocycles. The van der Waals surface area contributed by atoms with Crippen molar-refractivity contribution in [1.29, 1.82) is 0 Å². The van der Waals surface area contributed by atoms with Crippen LogP contribution in [0.1, 0.15) is 28.3 Å². The third kappa shape index (κ3) is 3.05. The van der Waals surface area contributed by atoms with Gasteiger partial charge in [0, 0.05) is 4.47 Å². The fourth-order valence-corrected chi connectivity index (χ4v) is 2.97. The Morgan fingerprint density at radius 2 is 1.80 bits per heavy atom. The molecule has 2 nitrogen and oxygen atoms in total. The average Bonchev–Trinajstić information content (AvgIpc) is 2.43. The van der Waals surface area contributed by atoms with E-state index in [9.17, 15) is 0 Å². The number of hydrogen-bond acceptors (Lipinski definition) is 2. The van der Waals surface area contributed by atoms with Crippen molar-refractivity contribution in [2.75, 3.05) is 14.2 Å². The number of methoxy groups -OCH3 is 1. The Bertz CT molecular complexity index is 610. The highest BCUT2D eigenvalue weighted by molar-refractivity contribution is 9.10. The summed E-state index contributed by atoms with van der Waals surface area (Å²) in [5.74, 6) is 0.869. The first-order chi connectivity index (χ1) is 9.56. The standard InChI is InChI=1S/C17H20BrNO/c1-11-5-7-14(12(2)9-11)17(19-3)15-10-13(20-4)6-8-16(15)18/h5-10,17,19H,1-4H3. The number of halogens is 1. The summed E-state index contributed by atoms with van der Waals surface area (Å²) >= 11 is 3.64. The van der Waals surface area contributed by atoms with Crippen molar-refractivity contribution in [2.24, 2.45) is 0 Å². The van der Waals surface area contributed by atoms with Crippen molar-refractivity contribution >= 4 is 15.9 Å². The molecule has 3 heteroatoms. The molecule has 2 aromatic carbocycles. The van der Waals surface area contributed by atoms with E-state index in [-0.39, 0.29) is 6.04 Å². The Morgan fingerprint density at radius 3 is 2.40 bits per heavy atom. The van der Waals surface area contributed by atoms with Crippen LogP contribution in [0.3, 0.4) is 0 Å². The first kappa shape index (κ1) is 15.1. The highest BCUT2D eigenvalue weighted by Crippen LogP contribution is 2.33. The number of ether oxygens (including phenoxy) is 1. The summed E-state index contributed by atoms with van der Waals surface area (Å²) in [6.45, 7) is 4.27. The van der Waals surface area contributed by atoms with Crippen LogP contribution >= 0.6 is 15.9 Å². The van der Waals surface area contributed by atoms with E-state index in [1.807, 2.05) is 19.2 Å². The lowest BCUT2D eigenvalue weighted by molar-refractivity contribution is 0.413. The van der Waals surface area contributed by atoms with Gasteiger partial charge in [0.2, 0.25) is 0 Å².